The minimum Gasteiger partial charge on any atom is -0.396 e. The lowest BCUT2D eigenvalue weighted by molar-refractivity contribution is 0.0174. The van der Waals surface area contributed by atoms with Crippen LogP contribution in [-0.2, 0) is 11.3 Å². The molecular formula is C19H29N3O3. The standard InChI is InChI=1S/C19H29N3O3/c23-15-18-10-17(12-21-6-8-25-9-7-21)13-22(14-18)19(24)20-11-16-4-2-1-3-5-16/h1-5,17-18,23H,6-15H2,(H,20,24)/t17-,18+/m0/s1. The topological polar surface area (TPSA) is 65.0 Å². The van der Waals surface area contributed by atoms with E-state index in [1.54, 1.807) is 0 Å². The molecule has 2 aliphatic rings. The number of nitrogens with zero attached hydrogens (tertiary/aromatic N) is 2. The predicted molar refractivity (Wildman–Crippen MR) is 96.2 cm³/mol. The van der Waals surface area contributed by atoms with Gasteiger partial charge in [-0.05, 0) is 17.9 Å². The second-order valence-electron chi connectivity index (χ2n) is 7.11. The first-order valence-corrected chi connectivity index (χ1v) is 9.22. The van der Waals surface area contributed by atoms with E-state index >= 15 is 0 Å². The van der Waals surface area contributed by atoms with Gasteiger partial charge in [0.2, 0.25) is 0 Å². The fraction of sp³-hybridized carbons (Fsp3) is 0.632. The Morgan fingerprint density at radius 2 is 1.88 bits per heavy atom. The Kier molecular flexibility index (Phi) is 6.67. The maximum atomic E-state index is 12.6. The van der Waals surface area contributed by atoms with Crippen molar-refractivity contribution in [3.8, 4) is 0 Å². The number of urea groups is 1. The third-order valence-electron chi connectivity index (χ3n) is 5.08. The van der Waals surface area contributed by atoms with Crippen LogP contribution in [0.2, 0.25) is 0 Å². The summed E-state index contributed by atoms with van der Waals surface area (Å²) in [6, 6.07) is 9.90. The first-order chi connectivity index (χ1) is 12.2. The van der Waals surface area contributed by atoms with Crippen molar-refractivity contribution >= 4 is 6.03 Å². The van der Waals surface area contributed by atoms with Crippen LogP contribution in [0.4, 0.5) is 4.79 Å². The van der Waals surface area contributed by atoms with E-state index in [0.717, 1.165) is 51.4 Å². The van der Waals surface area contributed by atoms with Crippen molar-refractivity contribution in [1.29, 1.82) is 0 Å². The smallest absolute Gasteiger partial charge is 0.317 e. The minimum atomic E-state index is -0.0334. The molecular weight excluding hydrogens is 318 g/mol. The Morgan fingerprint density at radius 3 is 2.60 bits per heavy atom. The molecule has 1 aromatic carbocycles. The highest BCUT2D eigenvalue weighted by Crippen LogP contribution is 2.23. The van der Waals surface area contributed by atoms with E-state index < -0.39 is 0 Å². The first kappa shape index (κ1) is 18.2. The van der Waals surface area contributed by atoms with Gasteiger partial charge in [-0.1, -0.05) is 30.3 Å². The van der Waals surface area contributed by atoms with Gasteiger partial charge in [-0.25, -0.2) is 4.79 Å². The molecule has 2 aliphatic heterocycles. The van der Waals surface area contributed by atoms with Crippen LogP contribution >= 0.6 is 0 Å². The van der Waals surface area contributed by atoms with Gasteiger partial charge < -0.3 is 20.1 Å². The van der Waals surface area contributed by atoms with Crippen LogP contribution in [0.25, 0.3) is 0 Å². The maximum absolute atomic E-state index is 12.6. The number of amides is 2. The fourth-order valence-electron chi connectivity index (χ4n) is 3.78. The Bertz CT molecular complexity index is 534. The molecule has 0 unspecified atom stereocenters. The van der Waals surface area contributed by atoms with Gasteiger partial charge in [0.05, 0.1) is 13.2 Å². The van der Waals surface area contributed by atoms with E-state index in [-0.39, 0.29) is 18.6 Å². The van der Waals surface area contributed by atoms with Gasteiger partial charge in [0.15, 0.2) is 0 Å². The summed E-state index contributed by atoms with van der Waals surface area (Å²) in [4.78, 5) is 16.9. The predicted octanol–water partition coefficient (Wildman–Crippen LogP) is 1.16. The molecule has 6 nitrogen and oxygen atoms in total. The largest absolute Gasteiger partial charge is 0.396 e. The number of aliphatic hydroxyl groups excluding tert-OH is 1. The molecule has 0 saturated carbocycles. The Morgan fingerprint density at radius 1 is 1.16 bits per heavy atom. The van der Waals surface area contributed by atoms with Gasteiger partial charge >= 0.3 is 6.03 Å². The van der Waals surface area contributed by atoms with Crippen molar-refractivity contribution in [3.05, 3.63) is 35.9 Å². The molecule has 2 N–H and O–H groups in total. The van der Waals surface area contributed by atoms with E-state index in [0.29, 0.717) is 19.0 Å². The van der Waals surface area contributed by atoms with Crippen molar-refractivity contribution in [2.45, 2.75) is 13.0 Å². The van der Waals surface area contributed by atoms with Gasteiger partial charge in [0.1, 0.15) is 0 Å². The number of ether oxygens (including phenoxy) is 1. The molecule has 138 valence electrons. The van der Waals surface area contributed by atoms with Crippen LogP contribution in [0.15, 0.2) is 30.3 Å². The van der Waals surface area contributed by atoms with Crippen LogP contribution in [-0.4, -0.2) is 73.5 Å². The van der Waals surface area contributed by atoms with Gasteiger partial charge in [0.25, 0.3) is 0 Å². The van der Waals surface area contributed by atoms with Crippen LogP contribution in [0.1, 0.15) is 12.0 Å². The van der Waals surface area contributed by atoms with Gasteiger partial charge in [0, 0.05) is 51.8 Å². The number of rotatable bonds is 5. The summed E-state index contributed by atoms with van der Waals surface area (Å²) in [5, 5.41) is 12.6. The second-order valence-corrected chi connectivity index (χ2v) is 7.11. The highest BCUT2D eigenvalue weighted by Gasteiger charge is 2.31. The summed E-state index contributed by atoms with van der Waals surface area (Å²) in [6.07, 6.45) is 0.982. The number of piperidine rings is 1. The normalized spacial score (nSPS) is 24.9. The zero-order chi connectivity index (χ0) is 17.5. The third kappa shape index (κ3) is 5.42. The zero-order valence-electron chi connectivity index (χ0n) is 14.8. The van der Waals surface area contributed by atoms with E-state index in [2.05, 4.69) is 10.2 Å². The number of hydrogen-bond acceptors (Lipinski definition) is 4. The zero-order valence-corrected chi connectivity index (χ0v) is 14.8. The third-order valence-corrected chi connectivity index (χ3v) is 5.08. The van der Waals surface area contributed by atoms with Crippen LogP contribution in [0.5, 0.6) is 0 Å². The van der Waals surface area contributed by atoms with Crippen molar-refractivity contribution < 1.29 is 14.6 Å². The minimum absolute atomic E-state index is 0.0334. The highest BCUT2D eigenvalue weighted by molar-refractivity contribution is 5.74. The number of carbonyl (C=O) groups excluding carboxylic acids is 1. The second kappa shape index (κ2) is 9.17. The molecule has 0 spiro atoms. The lowest BCUT2D eigenvalue weighted by atomic mass is 9.89. The van der Waals surface area contributed by atoms with E-state index in [1.165, 1.54) is 0 Å². The van der Waals surface area contributed by atoms with Crippen LogP contribution in [0, 0.1) is 11.8 Å². The Labute approximate surface area is 149 Å². The van der Waals surface area contributed by atoms with Crippen molar-refractivity contribution in [3.63, 3.8) is 0 Å². The van der Waals surface area contributed by atoms with E-state index in [4.69, 9.17) is 4.74 Å². The molecule has 6 heteroatoms. The molecule has 1 aromatic rings. The van der Waals surface area contributed by atoms with Crippen LogP contribution in [0.3, 0.4) is 0 Å². The van der Waals surface area contributed by atoms with E-state index in [9.17, 15) is 9.90 Å². The van der Waals surface area contributed by atoms with E-state index in [1.807, 2.05) is 35.2 Å². The number of benzene rings is 1. The number of hydrogen-bond donors (Lipinski definition) is 2. The number of nitrogens with one attached hydrogen (secondary N) is 1. The monoisotopic (exact) mass is 347 g/mol. The first-order valence-electron chi connectivity index (χ1n) is 9.22. The molecule has 2 heterocycles. The highest BCUT2D eigenvalue weighted by atomic mass is 16.5. The molecule has 3 rings (SSSR count). The summed E-state index contributed by atoms with van der Waals surface area (Å²) in [6.45, 7) is 6.54. The molecule has 2 amide bonds. The quantitative estimate of drug-likeness (QED) is 0.839. The SMILES string of the molecule is O=C(NCc1ccccc1)N1C[C@H](CO)C[C@@H](CN2CCOCC2)C1. The van der Waals surface area contributed by atoms with Crippen LogP contribution < -0.4 is 5.32 Å². The molecule has 2 fully saturated rings. The lowest BCUT2D eigenvalue weighted by Gasteiger charge is -2.39. The molecule has 2 atom stereocenters. The fourth-order valence-corrected chi connectivity index (χ4v) is 3.78. The van der Waals surface area contributed by atoms with Crippen molar-refractivity contribution in [2.24, 2.45) is 11.8 Å². The summed E-state index contributed by atoms with van der Waals surface area (Å²) < 4.78 is 5.41. The molecule has 0 aromatic heterocycles. The van der Waals surface area contributed by atoms with Crippen molar-refractivity contribution in [1.82, 2.24) is 15.1 Å². The Balaban J connectivity index is 1.52. The molecule has 2 saturated heterocycles. The van der Waals surface area contributed by atoms with Gasteiger partial charge in [-0.15, -0.1) is 0 Å². The maximum Gasteiger partial charge on any atom is 0.317 e. The average Bonchev–Trinajstić information content (AvgIpc) is 2.67. The summed E-state index contributed by atoms with van der Waals surface area (Å²) in [5.41, 5.74) is 1.09. The molecule has 0 radical (unpaired) electrons. The average molecular weight is 347 g/mol. The number of likely N-dealkylation sites (tertiary alicyclic amines) is 1. The summed E-state index contributed by atoms with van der Waals surface area (Å²) >= 11 is 0. The van der Waals surface area contributed by atoms with Gasteiger partial charge in [-0.3, -0.25) is 4.90 Å². The Hall–Kier alpha value is -1.63. The molecule has 0 bridgehead atoms. The van der Waals surface area contributed by atoms with Crippen molar-refractivity contribution in [2.75, 3.05) is 52.5 Å². The lowest BCUT2D eigenvalue weighted by Crippen LogP contribution is -2.51. The summed E-state index contributed by atoms with van der Waals surface area (Å²) in [5.74, 6) is 0.578. The summed E-state index contributed by atoms with van der Waals surface area (Å²) in [7, 11) is 0. The molecule has 25 heavy (non-hydrogen) atoms. The molecule has 0 aliphatic carbocycles. The van der Waals surface area contributed by atoms with Gasteiger partial charge in [-0.2, -0.15) is 0 Å². The number of carbonyl (C=O) groups is 1. The number of morpholine rings is 1. The number of aliphatic hydroxyl groups is 1.